The van der Waals surface area contributed by atoms with E-state index in [2.05, 4.69) is 25.3 Å². The first kappa shape index (κ1) is 22.6. The van der Waals surface area contributed by atoms with E-state index in [1.54, 1.807) is 24.3 Å². The van der Waals surface area contributed by atoms with Gasteiger partial charge in [0.1, 0.15) is 17.7 Å². The molecule has 2 aromatic carbocycles. The number of nitrogens with one attached hydrogen (secondary N) is 2. The molecule has 0 fully saturated rings. The number of halogens is 4. The standard InChI is InChI=1S/C23H16Cl3FN6O/c1-2-15(32-22-19-21(29-9-28-19)30-10-31-22)16-8-11-6-7-14(27)18(26)17(11)23(34)33(16)20-12(24)4-3-5-13(20)25/h3-10,15H,2H2,1H3,(H2,28,29,30,31,32)/t15-/m0/s1. The second kappa shape index (κ2) is 8.87. The van der Waals surface area contributed by atoms with Crippen molar-refractivity contribution < 1.29 is 4.39 Å². The van der Waals surface area contributed by atoms with Crippen LogP contribution in [0.4, 0.5) is 10.2 Å². The van der Waals surface area contributed by atoms with Gasteiger partial charge in [0.05, 0.1) is 38.5 Å². The van der Waals surface area contributed by atoms with E-state index in [-0.39, 0.29) is 26.1 Å². The van der Waals surface area contributed by atoms with E-state index in [0.717, 1.165) is 0 Å². The summed E-state index contributed by atoms with van der Waals surface area (Å²) in [5.74, 6) is -0.206. The van der Waals surface area contributed by atoms with Gasteiger partial charge in [0.15, 0.2) is 11.5 Å². The molecule has 5 aromatic rings. The number of anilines is 1. The van der Waals surface area contributed by atoms with E-state index in [0.29, 0.717) is 34.5 Å². The Morgan fingerprint density at radius 1 is 1.12 bits per heavy atom. The molecule has 1 atom stereocenters. The van der Waals surface area contributed by atoms with Gasteiger partial charge in [0.2, 0.25) is 0 Å². The van der Waals surface area contributed by atoms with Crippen molar-refractivity contribution in [2.24, 2.45) is 0 Å². The number of benzene rings is 2. The van der Waals surface area contributed by atoms with Crippen LogP contribution in [-0.4, -0.2) is 24.5 Å². The molecule has 11 heteroatoms. The molecule has 3 aromatic heterocycles. The maximum Gasteiger partial charge on any atom is 0.264 e. The fourth-order valence-electron chi connectivity index (χ4n) is 3.97. The first-order valence-corrected chi connectivity index (χ1v) is 11.4. The Hall–Kier alpha value is -3.20. The van der Waals surface area contributed by atoms with Gasteiger partial charge in [-0.1, -0.05) is 53.9 Å². The third-order valence-electron chi connectivity index (χ3n) is 5.56. The SMILES string of the molecule is CC[C@H](Nc1ncnc2[nH]cnc12)c1cc2ccc(F)c(Cl)c2c(=O)n1-c1c(Cl)cccc1Cl. The number of hydrogen-bond acceptors (Lipinski definition) is 5. The Bertz CT molecular complexity index is 1600. The maximum atomic E-state index is 14.3. The molecule has 34 heavy (non-hydrogen) atoms. The lowest BCUT2D eigenvalue weighted by Crippen LogP contribution is -2.27. The van der Waals surface area contributed by atoms with Gasteiger partial charge in [-0.15, -0.1) is 0 Å². The molecule has 0 radical (unpaired) electrons. The average Bonchev–Trinajstić information content (AvgIpc) is 3.30. The lowest BCUT2D eigenvalue weighted by Gasteiger charge is -2.24. The van der Waals surface area contributed by atoms with Crippen molar-refractivity contribution in [3.05, 3.63) is 86.0 Å². The minimum Gasteiger partial charge on any atom is -0.360 e. The highest BCUT2D eigenvalue weighted by molar-refractivity contribution is 6.38. The number of aromatic nitrogens is 5. The van der Waals surface area contributed by atoms with E-state index in [9.17, 15) is 9.18 Å². The van der Waals surface area contributed by atoms with E-state index < -0.39 is 17.4 Å². The van der Waals surface area contributed by atoms with Crippen LogP contribution >= 0.6 is 34.8 Å². The third-order valence-corrected chi connectivity index (χ3v) is 6.54. The summed E-state index contributed by atoms with van der Waals surface area (Å²) in [6, 6.07) is 9.02. The molecule has 2 N–H and O–H groups in total. The highest BCUT2D eigenvalue weighted by Gasteiger charge is 2.24. The predicted molar refractivity (Wildman–Crippen MR) is 133 cm³/mol. The molecule has 0 unspecified atom stereocenters. The van der Waals surface area contributed by atoms with Crippen LogP contribution in [0.25, 0.3) is 27.6 Å². The molecule has 0 bridgehead atoms. The minimum atomic E-state index is -0.692. The van der Waals surface area contributed by atoms with Crippen LogP contribution in [-0.2, 0) is 0 Å². The van der Waals surface area contributed by atoms with Gasteiger partial charge in [-0.2, -0.15) is 0 Å². The Labute approximate surface area is 207 Å². The van der Waals surface area contributed by atoms with E-state index >= 15 is 0 Å². The number of pyridine rings is 1. The molecule has 0 saturated heterocycles. The lowest BCUT2D eigenvalue weighted by molar-refractivity contribution is 0.629. The van der Waals surface area contributed by atoms with Gasteiger partial charge in [0.25, 0.3) is 5.56 Å². The molecular weight excluding hydrogens is 502 g/mol. The zero-order valence-corrected chi connectivity index (χ0v) is 19.9. The number of hydrogen-bond donors (Lipinski definition) is 2. The molecule has 0 saturated carbocycles. The summed E-state index contributed by atoms with van der Waals surface area (Å²) in [5.41, 5.74) is 1.40. The van der Waals surface area contributed by atoms with Gasteiger partial charge in [0, 0.05) is 5.69 Å². The summed E-state index contributed by atoms with van der Waals surface area (Å²) in [5, 5.41) is 4.13. The lowest BCUT2D eigenvalue weighted by atomic mass is 10.0. The van der Waals surface area contributed by atoms with E-state index in [1.807, 2.05) is 6.92 Å². The fourth-order valence-corrected chi connectivity index (χ4v) is 4.79. The molecule has 0 aliphatic heterocycles. The monoisotopic (exact) mass is 516 g/mol. The summed E-state index contributed by atoms with van der Waals surface area (Å²) >= 11 is 19.2. The topological polar surface area (TPSA) is 88.5 Å². The highest BCUT2D eigenvalue weighted by atomic mass is 35.5. The molecule has 0 aliphatic carbocycles. The summed E-state index contributed by atoms with van der Waals surface area (Å²) in [6.07, 6.45) is 3.49. The minimum absolute atomic E-state index is 0.0352. The van der Waals surface area contributed by atoms with Crippen molar-refractivity contribution in [3.63, 3.8) is 0 Å². The van der Waals surface area contributed by atoms with Crippen LogP contribution < -0.4 is 10.9 Å². The largest absolute Gasteiger partial charge is 0.360 e. The number of H-pyrrole nitrogens is 1. The van der Waals surface area contributed by atoms with E-state index in [1.165, 1.54) is 29.4 Å². The molecule has 172 valence electrons. The van der Waals surface area contributed by atoms with Crippen molar-refractivity contribution in [1.82, 2.24) is 24.5 Å². The Morgan fingerprint density at radius 2 is 1.88 bits per heavy atom. The van der Waals surface area contributed by atoms with Crippen LogP contribution in [0.5, 0.6) is 0 Å². The smallest absolute Gasteiger partial charge is 0.264 e. The fraction of sp³-hybridized carbons (Fsp3) is 0.130. The van der Waals surface area contributed by atoms with Crippen LogP contribution in [0, 0.1) is 5.82 Å². The Balaban J connectivity index is 1.81. The number of rotatable bonds is 5. The molecule has 0 aliphatic rings. The average molecular weight is 518 g/mol. The second-order valence-electron chi connectivity index (χ2n) is 7.53. The Kier molecular flexibility index (Phi) is 5.89. The second-order valence-corrected chi connectivity index (χ2v) is 8.73. The molecule has 5 rings (SSSR count). The Morgan fingerprint density at radius 3 is 2.62 bits per heavy atom. The normalized spacial score (nSPS) is 12.4. The van der Waals surface area contributed by atoms with Crippen molar-refractivity contribution in [3.8, 4) is 5.69 Å². The quantitative estimate of drug-likeness (QED) is 0.285. The van der Waals surface area contributed by atoms with Gasteiger partial charge < -0.3 is 10.3 Å². The maximum absolute atomic E-state index is 14.3. The van der Waals surface area contributed by atoms with Gasteiger partial charge in [-0.25, -0.2) is 19.3 Å². The van der Waals surface area contributed by atoms with Gasteiger partial charge in [-0.05, 0) is 36.1 Å². The number of nitrogens with zero attached hydrogens (tertiary/aromatic N) is 4. The molecule has 7 nitrogen and oxygen atoms in total. The zero-order valence-electron chi connectivity index (χ0n) is 17.6. The van der Waals surface area contributed by atoms with Crippen molar-refractivity contribution >= 4 is 62.6 Å². The third kappa shape index (κ3) is 3.68. The van der Waals surface area contributed by atoms with Gasteiger partial charge in [-0.3, -0.25) is 9.36 Å². The van der Waals surface area contributed by atoms with Gasteiger partial charge >= 0.3 is 0 Å². The molecule has 0 spiro atoms. The van der Waals surface area contributed by atoms with Crippen molar-refractivity contribution in [2.45, 2.75) is 19.4 Å². The van der Waals surface area contributed by atoms with Crippen LogP contribution in [0.1, 0.15) is 25.1 Å². The van der Waals surface area contributed by atoms with Crippen molar-refractivity contribution in [2.75, 3.05) is 5.32 Å². The zero-order chi connectivity index (χ0) is 24.0. The predicted octanol–water partition coefficient (Wildman–Crippen LogP) is 6.32. The summed E-state index contributed by atoms with van der Waals surface area (Å²) in [6.45, 7) is 1.95. The number of aromatic amines is 1. The first-order valence-electron chi connectivity index (χ1n) is 10.3. The highest BCUT2D eigenvalue weighted by Crippen LogP contribution is 2.34. The van der Waals surface area contributed by atoms with Crippen LogP contribution in [0.2, 0.25) is 15.1 Å². The van der Waals surface area contributed by atoms with Crippen LogP contribution in [0.15, 0.2) is 53.8 Å². The summed E-state index contributed by atoms with van der Waals surface area (Å²) in [7, 11) is 0. The molecular formula is C23H16Cl3FN6O. The summed E-state index contributed by atoms with van der Waals surface area (Å²) < 4.78 is 15.7. The molecule has 3 heterocycles. The summed E-state index contributed by atoms with van der Waals surface area (Å²) in [4.78, 5) is 29.5. The van der Waals surface area contributed by atoms with E-state index in [4.69, 9.17) is 34.8 Å². The van der Waals surface area contributed by atoms with Crippen LogP contribution in [0.3, 0.4) is 0 Å². The first-order chi connectivity index (χ1) is 16.4. The molecule has 0 amide bonds. The number of fused-ring (bicyclic) bond motifs is 2. The number of para-hydroxylation sites is 1. The van der Waals surface area contributed by atoms with Crippen molar-refractivity contribution in [1.29, 1.82) is 0 Å². The number of imidazole rings is 1.